The summed E-state index contributed by atoms with van der Waals surface area (Å²) in [6.07, 6.45) is 5.31. The Balaban J connectivity index is 1.36. The van der Waals surface area contributed by atoms with Crippen LogP contribution in [0.5, 0.6) is 5.75 Å². The van der Waals surface area contributed by atoms with Crippen LogP contribution in [0.1, 0.15) is 18.4 Å². The molecule has 11 nitrogen and oxygen atoms in total. The van der Waals surface area contributed by atoms with E-state index in [0.717, 1.165) is 50.5 Å². The molecule has 4 rings (SSSR count). The van der Waals surface area contributed by atoms with Crippen LogP contribution in [-0.2, 0) is 20.9 Å². The first kappa shape index (κ1) is 29.3. The number of hydrogen-bond donors (Lipinski definition) is 5. The molecule has 2 saturated heterocycles. The second-order valence-electron chi connectivity index (χ2n) is 10.4. The Kier molecular flexibility index (Phi) is 11.4. The van der Waals surface area contributed by atoms with Gasteiger partial charge in [0.15, 0.2) is 0 Å². The molecule has 2 bridgehead atoms. The number of aliphatic hydroxyl groups is 2. The van der Waals surface area contributed by atoms with Crippen molar-refractivity contribution in [1.82, 2.24) is 20.4 Å². The summed E-state index contributed by atoms with van der Waals surface area (Å²) >= 11 is 0. The van der Waals surface area contributed by atoms with Crippen molar-refractivity contribution in [2.75, 3.05) is 84.2 Å². The third kappa shape index (κ3) is 8.91. The first-order chi connectivity index (χ1) is 19.1. The topological polar surface area (TPSA) is 136 Å². The molecule has 1 aromatic carbocycles. The van der Waals surface area contributed by atoms with Crippen molar-refractivity contribution < 1.29 is 29.3 Å². The fraction of sp³-hybridized carbons (Fsp3) is 0.643. The molecule has 0 aromatic heterocycles. The minimum absolute atomic E-state index is 0.0402. The van der Waals surface area contributed by atoms with Crippen molar-refractivity contribution in [3.8, 4) is 5.75 Å². The molecule has 3 aliphatic heterocycles. The predicted molar refractivity (Wildman–Crippen MR) is 147 cm³/mol. The molecule has 3 aliphatic rings. The lowest BCUT2D eigenvalue weighted by Crippen LogP contribution is -2.47. The lowest BCUT2D eigenvalue weighted by Gasteiger charge is -2.37. The van der Waals surface area contributed by atoms with Crippen LogP contribution in [-0.4, -0.2) is 117 Å². The number of piperidine rings is 1. The van der Waals surface area contributed by atoms with Gasteiger partial charge in [-0.25, -0.2) is 0 Å². The van der Waals surface area contributed by atoms with Gasteiger partial charge in [-0.05, 0) is 36.5 Å². The summed E-state index contributed by atoms with van der Waals surface area (Å²) in [5, 5.41) is 28.2. The van der Waals surface area contributed by atoms with Gasteiger partial charge in [0.25, 0.3) is 0 Å². The molecule has 0 radical (unpaired) electrons. The number of anilines is 1. The molecular formula is C28H43N5O6. The Labute approximate surface area is 230 Å². The zero-order valence-corrected chi connectivity index (χ0v) is 22.6. The highest BCUT2D eigenvalue weighted by atomic mass is 16.5. The number of ether oxygens (including phenoxy) is 2. The summed E-state index contributed by atoms with van der Waals surface area (Å²) in [7, 11) is 0. The van der Waals surface area contributed by atoms with E-state index < -0.39 is 6.04 Å². The average molecular weight is 546 g/mol. The molecule has 0 unspecified atom stereocenters. The lowest BCUT2D eigenvalue weighted by molar-refractivity contribution is -0.132. The van der Waals surface area contributed by atoms with Crippen LogP contribution in [0.3, 0.4) is 0 Å². The molecule has 0 aliphatic carbocycles. The highest BCUT2D eigenvalue weighted by molar-refractivity contribution is 5.79. The first-order valence-corrected chi connectivity index (χ1v) is 14.0. The lowest BCUT2D eigenvalue weighted by atomic mass is 9.82. The van der Waals surface area contributed by atoms with Crippen LogP contribution >= 0.6 is 0 Å². The summed E-state index contributed by atoms with van der Waals surface area (Å²) in [4.78, 5) is 29.9. The van der Waals surface area contributed by atoms with Crippen LogP contribution in [0.15, 0.2) is 30.4 Å². The van der Waals surface area contributed by atoms with Crippen molar-refractivity contribution in [1.29, 1.82) is 0 Å². The standard InChI is InChI=1S/C28H43N5O6/c34-19-25(20-35)31-24-3-4-26-23(14-24)16-29-17-28(37)33-7-5-21(22(18-33)2-1-11-39-26)15-27(36)30-6-8-32-9-12-38-13-10-32/h1-4,14,21-22,25,29,31,34-35H,5-13,15-20H2,(H,30,36)/t21-,22-/m0/s1. The molecule has 2 fully saturated rings. The minimum Gasteiger partial charge on any atom is -0.489 e. The second kappa shape index (κ2) is 15.2. The molecule has 0 saturated carbocycles. The third-order valence-corrected chi connectivity index (χ3v) is 7.64. The number of benzene rings is 1. The quantitative estimate of drug-likeness (QED) is 0.267. The van der Waals surface area contributed by atoms with Gasteiger partial charge in [-0.2, -0.15) is 0 Å². The van der Waals surface area contributed by atoms with E-state index in [1.807, 2.05) is 29.2 Å². The number of carbonyl (C=O) groups is 2. The number of morpholine rings is 1. The molecule has 3 heterocycles. The van der Waals surface area contributed by atoms with Crippen molar-refractivity contribution in [2.45, 2.75) is 25.4 Å². The fourth-order valence-electron chi connectivity index (χ4n) is 5.33. The zero-order valence-electron chi connectivity index (χ0n) is 22.6. The van der Waals surface area contributed by atoms with Gasteiger partial charge in [0, 0.05) is 63.5 Å². The molecule has 2 atom stereocenters. The molecule has 0 spiro atoms. The number of amides is 2. The summed E-state index contributed by atoms with van der Waals surface area (Å²) in [6.45, 7) is 6.65. The van der Waals surface area contributed by atoms with E-state index in [4.69, 9.17) is 9.47 Å². The third-order valence-electron chi connectivity index (χ3n) is 7.64. The van der Waals surface area contributed by atoms with E-state index >= 15 is 0 Å². The molecule has 5 N–H and O–H groups in total. The first-order valence-electron chi connectivity index (χ1n) is 14.0. The van der Waals surface area contributed by atoms with Gasteiger partial charge in [-0.1, -0.05) is 12.2 Å². The highest BCUT2D eigenvalue weighted by Crippen LogP contribution is 2.29. The van der Waals surface area contributed by atoms with E-state index in [1.165, 1.54) is 0 Å². The molecule has 39 heavy (non-hydrogen) atoms. The zero-order chi connectivity index (χ0) is 27.5. The Morgan fingerprint density at radius 3 is 2.77 bits per heavy atom. The average Bonchev–Trinajstić information content (AvgIpc) is 2.96. The van der Waals surface area contributed by atoms with E-state index in [1.54, 1.807) is 0 Å². The number of hydrogen-bond acceptors (Lipinski definition) is 9. The van der Waals surface area contributed by atoms with Crippen LogP contribution in [0, 0.1) is 11.8 Å². The largest absolute Gasteiger partial charge is 0.489 e. The molecular weight excluding hydrogens is 502 g/mol. The number of rotatable bonds is 9. The molecule has 1 aromatic rings. The Morgan fingerprint density at radius 1 is 1.15 bits per heavy atom. The van der Waals surface area contributed by atoms with Crippen molar-refractivity contribution in [3.05, 3.63) is 35.9 Å². The second-order valence-corrected chi connectivity index (χ2v) is 10.4. The SMILES string of the molecule is O=C(C[C@@H]1CCN2C[C@@H]1C=CCOc1ccc(NC(CO)CO)cc1CNCC2=O)NCCN1CCOCC1. The van der Waals surface area contributed by atoms with Gasteiger partial charge in [-0.15, -0.1) is 0 Å². The van der Waals surface area contributed by atoms with Crippen LogP contribution in [0.2, 0.25) is 0 Å². The number of nitrogens with zero attached hydrogens (tertiary/aromatic N) is 2. The summed E-state index contributed by atoms with van der Waals surface area (Å²) in [6, 6.07) is 5.15. The van der Waals surface area contributed by atoms with Crippen molar-refractivity contribution >= 4 is 17.5 Å². The Hall–Kier alpha value is -2.70. The number of carbonyl (C=O) groups excluding carboxylic acids is 2. The number of aliphatic hydroxyl groups excluding tert-OH is 2. The minimum atomic E-state index is -0.455. The number of nitrogens with one attached hydrogen (secondary N) is 3. The van der Waals surface area contributed by atoms with E-state index in [9.17, 15) is 19.8 Å². The van der Waals surface area contributed by atoms with Crippen molar-refractivity contribution in [3.63, 3.8) is 0 Å². The van der Waals surface area contributed by atoms with Crippen molar-refractivity contribution in [2.24, 2.45) is 11.8 Å². The van der Waals surface area contributed by atoms with Gasteiger partial charge in [0.1, 0.15) is 12.4 Å². The van der Waals surface area contributed by atoms with Gasteiger partial charge < -0.3 is 40.5 Å². The Bertz CT molecular complexity index is 966. The monoisotopic (exact) mass is 545 g/mol. The van der Waals surface area contributed by atoms with E-state index in [0.29, 0.717) is 45.0 Å². The van der Waals surface area contributed by atoms with Crippen LogP contribution in [0.25, 0.3) is 0 Å². The van der Waals surface area contributed by atoms with Gasteiger partial charge in [0.05, 0.1) is 39.0 Å². The molecule has 216 valence electrons. The predicted octanol–water partition coefficient (Wildman–Crippen LogP) is -0.207. The normalized spacial score (nSPS) is 22.7. The maximum absolute atomic E-state index is 13.0. The van der Waals surface area contributed by atoms with Crippen LogP contribution in [0.4, 0.5) is 5.69 Å². The summed E-state index contributed by atoms with van der Waals surface area (Å²) in [5.41, 5.74) is 1.63. The molecule has 2 amide bonds. The summed E-state index contributed by atoms with van der Waals surface area (Å²) < 4.78 is 11.4. The Morgan fingerprint density at radius 2 is 1.97 bits per heavy atom. The fourth-order valence-corrected chi connectivity index (χ4v) is 5.33. The van der Waals surface area contributed by atoms with Gasteiger partial charge in [0.2, 0.25) is 11.8 Å². The van der Waals surface area contributed by atoms with Gasteiger partial charge >= 0.3 is 0 Å². The van der Waals surface area contributed by atoms with Gasteiger partial charge in [-0.3, -0.25) is 14.5 Å². The molecule has 11 heteroatoms. The smallest absolute Gasteiger partial charge is 0.236 e. The van der Waals surface area contributed by atoms with E-state index in [2.05, 4.69) is 26.9 Å². The highest BCUT2D eigenvalue weighted by Gasteiger charge is 2.31. The number of fused-ring (bicyclic) bond motifs is 3. The maximum atomic E-state index is 13.0. The van der Waals surface area contributed by atoms with E-state index in [-0.39, 0.29) is 43.4 Å². The maximum Gasteiger partial charge on any atom is 0.236 e. The van der Waals surface area contributed by atoms with Crippen LogP contribution < -0.4 is 20.7 Å². The summed E-state index contributed by atoms with van der Waals surface area (Å²) in [5.74, 6) is 1.05.